The maximum atomic E-state index is 14.5. The van der Waals surface area contributed by atoms with Crippen molar-refractivity contribution in [2.45, 2.75) is 65.8 Å². The summed E-state index contributed by atoms with van der Waals surface area (Å²) in [6.07, 6.45) is -5.51. The van der Waals surface area contributed by atoms with Crippen molar-refractivity contribution in [2.24, 2.45) is 0 Å². The molecule has 51 heavy (non-hydrogen) atoms. The van der Waals surface area contributed by atoms with Crippen molar-refractivity contribution in [2.75, 3.05) is 67.6 Å². The minimum atomic E-state index is -4.71. The Balaban J connectivity index is 1.30. The number of halogens is 3. The average Bonchev–Trinajstić information content (AvgIpc) is 3.03. The first kappa shape index (κ1) is 37.5. The van der Waals surface area contributed by atoms with Crippen LogP contribution in [0.4, 0.5) is 45.6 Å². The standard InChI is InChI=1S/C36H46F3N7O5/c1-24(47)46(45-20-18-44(19-21-45)33(49)51-35(5,6)7)27-12-13-30-28(22-27)29(36(37,38)39)23-31(41-30)40-25-8-10-26(11-9-25)42-14-16-43(17-15-42)32(48)50-34(2,3)4/h8-13,22-23H,14-21H2,1-7H3,(H,40,41). The summed E-state index contributed by atoms with van der Waals surface area (Å²) in [5.41, 5.74) is -0.282. The molecule has 0 bridgehead atoms. The molecule has 15 heteroatoms. The van der Waals surface area contributed by atoms with Gasteiger partial charge in [0.05, 0.1) is 16.8 Å². The summed E-state index contributed by atoms with van der Waals surface area (Å²) in [4.78, 5) is 47.6. The molecule has 2 aliphatic heterocycles. The van der Waals surface area contributed by atoms with E-state index in [0.29, 0.717) is 31.9 Å². The lowest BCUT2D eigenvalue weighted by Crippen LogP contribution is -2.57. The molecule has 12 nitrogen and oxygen atoms in total. The molecular weight excluding hydrogens is 667 g/mol. The summed E-state index contributed by atoms with van der Waals surface area (Å²) in [5, 5.41) is 5.91. The minimum absolute atomic E-state index is 0.0167. The summed E-state index contributed by atoms with van der Waals surface area (Å²) in [7, 11) is 0. The van der Waals surface area contributed by atoms with Gasteiger partial charge in [0.1, 0.15) is 17.0 Å². The Morgan fingerprint density at radius 3 is 1.76 bits per heavy atom. The zero-order valence-electron chi connectivity index (χ0n) is 30.1. The number of hydrogen-bond acceptors (Lipinski definition) is 9. The Morgan fingerprint density at radius 2 is 1.27 bits per heavy atom. The number of alkyl halides is 3. The number of pyridine rings is 1. The van der Waals surface area contributed by atoms with E-state index >= 15 is 0 Å². The van der Waals surface area contributed by atoms with E-state index < -0.39 is 29.0 Å². The van der Waals surface area contributed by atoms with Gasteiger partial charge >= 0.3 is 18.4 Å². The van der Waals surface area contributed by atoms with Crippen LogP contribution in [0.2, 0.25) is 0 Å². The van der Waals surface area contributed by atoms with Crippen LogP contribution in [0, 0.1) is 0 Å². The monoisotopic (exact) mass is 713 g/mol. The topological polar surface area (TPSA) is 111 Å². The zero-order valence-corrected chi connectivity index (χ0v) is 30.1. The molecule has 1 N–H and O–H groups in total. The first-order valence-corrected chi connectivity index (χ1v) is 16.9. The SMILES string of the molecule is CC(=O)N(c1ccc2nc(Nc3ccc(N4CCN(C(=O)OC(C)(C)C)CC4)cc3)cc(C(F)(F)F)c2c1)N1CCN(C(=O)OC(C)(C)C)CC1. The molecule has 3 heterocycles. The number of nitrogens with zero attached hydrogens (tertiary/aromatic N) is 6. The number of hydrogen-bond donors (Lipinski definition) is 1. The fraction of sp³-hybridized carbons (Fsp3) is 0.500. The fourth-order valence-corrected chi connectivity index (χ4v) is 5.97. The van der Waals surface area contributed by atoms with Gasteiger partial charge in [-0.2, -0.15) is 13.2 Å². The number of ether oxygens (including phenoxy) is 2. The van der Waals surface area contributed by atoms with Crippen LogP contribution < -0.4 is 15.2 Å². The van der Waals surface area contributed by atoms with Gasteiger partial charge in [-0.1, -0.05) is 0 Å². The van der Waals surface area contributed by atoms with Gasteiger partial charge in [0.15, 0.2) is 0 Å². The average molecular weight is 714 g/mol. The first-order valence-electron chi connectivity index (χ1n) is 16.9. The summed E-state index contributed by atoms with van der Waals surface area (Å²) < 4.78 is 54.4. The Morgan fingerprint density at radius 1 is 0.745 bits per heavy atom. The normalized spacial score (nSPS) is 16.2. The lowest BCUT2D eigenvalue weighted by molar-refractivity contribution is -0.136. The molecule has 2 saturated heterocycles. The molecule has 0 spiro atoms. The van der Waals surface area contributed by atoms with Gasteiger partial charge in [0.25, 0.3) is 0 Å². The lowest BCUT2D eigenvalue weighted by atomic mass is 10.1. The third-order valence-electron chi connectivity index (χ3n) is 8.27. The molecule has 3 amide bonds. The van der Waals surface area contributed by atoms with Crippen LogP contribution in [-0.4, -0.2) is 101 Å². The molecule has 0 aliphatic carbocycles. The second kappa shape index (κ2) is 14.4. The van der Waals surface area contributed by atoms with Gasteiger partial charge in [-0.3, -0.25) is 4.79 Å². The zero-order chi connectivity index (χ0) is 37.3. The number of hydrazine groups is 1. The van der Waals surface area contributed by atoms with Crippen LogP contribution in [0.1, 0.15) is 54.0 Å². The molecule has 0 unspecified atom stereocenters. The van der Waals surface area contributed by atoms with Crippen molar-refractivity contribution < 1.29 is 37.0 Å². The number of aromatic nitrogens is 1. The summed E-state index contributed by atoms with van der Waals surface area (Å²) in [6, 6.07) is 12.6. The van der Waals surface area contributed by atoms with Gasteiger partial charge in [0.2, 0.25) is 5.91 Å². The van der Waals surface area contributed by atoms with Gasteiger partial charge in [-0.25, -0.2) is 24.6 Å². The largest absolute Gasteiger partial charge is 0.444 e. The number of amides is 3. The summed E-state index contributed by atoms with van der Waals surface area (Å²) in [6.45, 7) is 15.5. The van der Waals surface area contributed by atoms with Crippen LogP contribution in [-0.2, 0) is 20.4 Å². The smallest absolute Gasteiger partial charge is 0.417 e. The second-order valence-electron chi connectivity index (χ2n) is 14.6. The quantitative estimate of drug-likeness (QED) is 0.303. The molecule has 2 aliphatic rings. The number of nitrogens with one attached hydrogen (secondary N) is 1. The molecule has 3 aromatic rings. The minimum Gasteiger partial charge on any atom is -0.444 e. The van der Waals surface area contributed by atoms with Crippen molar-refractivity contribution >= 4 is 51.9 Å². The van der Waals surface area contributed by atoms with E-state index in [9.17, 15) is 27.6 Å². The van der Waals surface area contributed by atoms with Gasteiger partial charge in [-0.15, -0.1) is 0 Å². The number of carbonyl (C=O) groups is 3. The Hall–Kier alpha value is -4.79. The van der Waals surface area contributed by atoms with E-state index in [1.807, 2.05) is 32.9 Å². The van der Waals surface area contributed by atoms with Crippen LogP contribution in [0.3, 0.4) is 0 Å². The van der Waals surface area contributed by atoms with Crippen molar-refractivity contribution in [3.8, 4) is 0 Å². The molecule has 0 radical (unpaired) electrons. The van der Waals surface area contributed by atoms with Crippen LogP contribution >= 0.6 is 0 Å². The van der Waals surface area contributed by atoms with E-state index in [0.717, 1.165) is 11.8 Å². The molecule has 2 fully saturated rings. The van der Waals surface area contributed by atoms with Crippen molar-refractivity contribution in [1.82, 2.24) is 19.8 Å². The first-order chi connectivity index (χ1) is 23.8. The number of piperazine rings is 2. The molecule has 0 atom stereocenters. The van der Waals surface area contributed by atoms with Gasteiger partial charge < -0.3 is 29.5 Å². The highest BCUT2D eigenvalue weighted by Crippen LogP contribution is 2.38. The highest BCUT2D eigenvalue weighted by atomic mass is 19.4. The Bertz CT molecular complexity index is 1740. The molecule has 0 saturated carbocycles. The van der Waals surface area contributed by atoms with Crippen LogP contribution in [0.5, 0.6) is 0 Å². The maximum Gasteiger partial charge on any atom is 0.417 e. The molecular formula is C36H46F3N7O5. The van der Waals surface area contributed by atoms with E-state index in [1.165, 1.54) is 24.1 Å². The van der Waals surface area contributed by atoms with E-state index in [1.54, 1.807) is 53.8 Å². The second-order valence-corrected chi connectivity index (χ2v) is 14.6. The molecule has 276 valence electrons. The predicted molar refractivity (Wildman–Crippen MR) is 189 cm³/mol. The number of carbonyl (C=O) groups excluding carboxylic acids is 3. The lowest BCUT2D eigenvalue weighted by Gasteiger charge is -2.40. The van der Waals surface area contributed by atoms with Crippen molar-refractivity contribution in [3.05, 3.63) is 54.1 Å². The molecule has 1 aromatic heterocycles. The van der Waals surface area contributed by atoms with Crippen LogP contribution in [0.15, 0.2) is 48.5 Å². The van der Waals surface area contributed by atoms with Crippen LogP contribution in [0.25, 0.3) is 10.9 Å². The highest BCUT2D eigenvalue weighted by molar-refractivity contribution is 5.95. The van der Waals surface area contributed by atoms with Crippen molar-refractivity contribution in [1.29, 1.82) is 0 Å². The Labute approximate surface area is 296 Å². The highest BCUT2D eigenvalue weighted by Gasteiger charge is 2.35. The number of benzene rings is 2. The third-order valence-corrected chi connectivity index (χ3v) is 8.27. The van der Waals surface area contributed by atoms with E-state index in [-0.39, 0.29) is 60.6 Å². The fourth-order valence-electron chi connectivity index (χ4n) is 5.97. The third kappa shape index (κ3) is 9.51. The molecule has 5 rings (SSSR count). The summed E-state index contributed by atoms with van der Waals surface area (Å²) >= 11 is 0. The van der Waals surface area contributed by atoms with Gasteiger partial charge in [0, 0.05) is 76.0 Å². The van der Waals surface area contributed by atoms with Gasteiger partial charge in [-0.05, 0) is 90.1 Å². The van der Waals surface area contributed by atoms with E-state index in [2.05, 4.69) is 15.2 Å². The van der Waals surface area contributed by atoms with Crippen molar-refractivity contribution in [3.63, 3.8) is 0 Å². The maximum absolute atomic E-state index is 14.5. The number of fused-ring (bicyclic) bond motifs is 1. The summed E-state index contributed by atoms with van der Waals surface area (Å²) in [5.74, 6) is -0.365. The Kier molecular flexibility index (Phi) is 10.6. The number of anilines is 4. The number of rotatable bonds is 5. The molecule has 2 aromatic carbocycles. The van der Waals surface area contributed by atoms with E-state index in [4.69, 9.17) is 9.47 Å². The predicted octanol–water partition coefficient (Wildman–Crippen LogP) is 6.87.